The molecule has 6 nitrogen and oxygen atoms in total. The van der Waals surface area contributed by atoms with E-state index in [0.29, 0.717) is 5.69 Å². The Kier molecular flexibility index (Phi) is 4.89. The Morgan fingerprint density at radius 2 is 1.96 bits per heavy atom. The average molecular weight is 385 g/mol. The van der Waals surface area contributed by atoms with Crippen molar-refractivity contribution in [3.8, 4) is 0 Å². The SMILES string of the molecule is Cc1csc2c(N3CCC(NC(=O)Nc4ccc(F)cc4)CC3)ncnc12. The van der Waals surface area contributed by atoms with Crippen LogP contribution >= 0.6 is 11.3 Å². The summed E-state index contributed by atoms with van der Waals surface area (Å²) in [6.45, 7) is 3.71. The first-order chi connectivity index (χ1) is 13.1. The Bertz CT molecular complexity index is 950. The molecule has 3 aromatic rings. The molecular formula is C19H20FN5OS. The largest absolute Gasteiger partial charge is 0.355 e. The van der Waals surface area contributed by atoms with Crippen molar-refractivity contribution < 1.29 is 9.18 Å². The second-order valence-corrected chi connectivity index (χ2v) is 7.54. The van der Waals surface area contributed by atoms with E-state index < -0.39 is 0 Å². The Morgan fingerprint density at radius 3 is 2.70 bits per heavy atom. The van der Waals surface area contributed by atoms with Crippen molar-refractivity contribution in [1.82, 2.24) is 15.3 Å². The van der Waals surface area contributed by atoms with Gasteiger partial charge in [0.2, 0.25) is 0 Å². The number of halogens is 1. The molecule has 1 aliphatic heterocycles. The van der Waals surface area contributed by atoms with Crippen molar-refractivity contribution in [1.29, 1.82) is 0 Å². The lowest BCUT2D eigenvalue weighted by molar-refractivity contribution is 0.246. The number of carbonyl (C=O) groups excluding carboxylic acids is 1. The summed E-state index contributed by atoms with van der Waals surface area (Å²) in [7, 11) is 0. The highest BCUT2D eigenvalue weighted by Crippen LogP contribution is 2.32. The Morgan fingerprint density at radius 1 is 1.22 bits per heavy atom. The van der Waals surface area contributed by atoms with E-state index in [9.17, 15) is 9.18 Å². The number of rotatable bonds is 3. The number of hydrogen-bond donors (Lipinski definition) is 2. The topological polar surface area (TPSA) is 70.2 Å². The summed E-state index contributed by atoms with van der Waals surface area (Å²) in [5, 5.41) is 7.84. The zero-order chi connectivity index (χ0) is 18.8. The molecule has 4 rings (SSSR count). The molecule has 1 aromatic carbocycles. The minimum absolute atomic E-state index is 0.101. The van der Waals surface area contributed by atoms with Gasteiger partial charge in [0.15, 0.2) is 0 Å². The number of aryl methyl sites for hydroxylation is 1. The van der Waals surface area contributed by atoms with E-state index in [1.807, 2.05) is 0 Å². The quantitative estimate of drug-likeness (QED) is 0.717. The fraction of sp³-hybridized carbons (Fsp3) is 0.316. The van der Waals surface area contributed by atoms with Crippen LogP contribution in [0.25, 0.3) is 10.2 Å². The van der Waals surface area contributed by atoms with Gasteiger partial charge in [0.1, 0.15) is 18.0 Å². The summed E-state index contributed by atoms with van der Waals surface area (Å²) < 4.78 is 14.1. The average Bonchev–Trinajstić information content (AvgIpc) is 3.06. The predicted molar refractivity (Wildman–Crippen MR) is 106 cm³/mol. The number of fused-ring (bicyclic) bond motifs is 1. The Balaban J connectivity index is 1.34. The maximum atomic E-state index is 12.9. The van der Waals surface area contributed by atoms with Crippen LogP contribution in [-0.2, 0) is 0 Å². The number of benzene rings is 1. The summed E-state index contributed by atoms with van der Waals surface area (Å²) in [6.07, 6.45) is 3.30. The molecule has 140 valence electrons. The number of carbonyl (C=O) groups is 1. The van der Waals surface area contributed by atoms with E-state index >= 15 is 0 Å². The van der Waals surface area contributed by atoms with Gasteiger partial charge in [-0.2, -0.15) is 0 Å². The van der Waals surface area contributed by atoms with Crippen LogP contribution < -0.4 is 15.5 Å². The first kappa shape index (κ1) is 17.7. The zero-order valence-electron chi connectivity index (χ0n) is 14.9. The monoisotopic (exact) mass is 385 g/mol. The van der Waals surface area contributed by atoms with Crippen LogP contribution in [0, 0.1) is 12.7 Å². The number of anilines is 2. The highest BCUT2D eigenvalue weighted by Gasteiger charge is 2.23. The van der Waals surface area contributed by atoms with Crippen molar-refractivity contribution in [3.05, 3.63) is 47.4 Å². The number of thiophene rings is 1. The summed E-state index contributed by atoms with van der Waals surface area (Å²) in [5.41, 5.74) is 2.76. The third-order valence-corrected chi connectivity index (χ3v) is 5.83. The fourth-order valence-electron chi connectivity index (χ4n) is 3.30. The minimum Gasteiger partial charge on any atom is -0.355 e. The summed E-state index contributed by atoms with van der Waals surface area (Å²) in [5.74, 6) is 0.653. The van der Waals surface area contributed by atoms with Crippen LogP contribution in [0.1, 0.15) is 18.4 Å². The van der Waals surface area contributed by atoms with E-state index in [1.54, 1.807) is 29.8 Å². The molecule has 2 amide bonds. The predicted octanol–water partition coefficient (Wildman–Crippen LogP) is 3.93. The molecule has 0 aliphatic carbocycles. The van der Waals surface area contributed by atoms with Gasteiger partial charge in [-0.1, -0.05) is 0 Å². The first-order valence-electron chi connectivity index (χ1n) is 8.87. The Labute approximate surface area is 160 Å². The lowest BCUT2D eigenvalue weighted by Crippen LogP contribution is -2.46. The van der Waals surface area contributed by atoms with Gasteiger partial charge < -0.3 is 15.5 Å². The maximum absolute atomic E-state index is 12.9. The summed E-state index contributed by atoms with van der Waals surface area (Å²) in [4.78, 5) is 23.3. The van der Waals surface area contributed by atoms with E-state index in [4.69, 9.17) is 0 Å². The van der Waals surface area contributed by atoms with Gasteiger partial charge in [-0.05, 0) is 55.0 Å². The summed E-state index contributed by atoms with van der Waals surface area (Å²) in [6, 6.07) is 5.57. The van der Waals surface area contributed by atoms with Crippen LogP contribution in [0.5, 0.6) is 0 Å². The van der Waals surface area contributed by atoms with E-state index in [1.165, 1.54) is 17.7 Å². The van der Waals surface area contributed by atoms with Gasteiger partial charge in [0.25, 0.3) is 0 Å². The molecule has 3 heterocycles. The molecule has 0 unspecified atom stereocenters. The van der Waals surface area contributed by atoms with Crippen molar-refractivity contribution in [2.24, 2.45) is 0 Å². The van der Waals surface area contributed by atoms with Crippen LogP contribution in [0.3, 0.4) is 0 Å². The molecule has 1 fully saturated rings. The van der Waals surface area contributed by atoms with Crippen molar-refractivity contribution >= 4 is 39.1 Å². The molecule has 2 aromatic heterocycles. The smallest absolute Gasteiger partial charge is 0.319 e. The number of amides is 2. The number of urea groups is 1. The molecule has 27 heavy (non-hydrogen) atoms. The van der Waals surface area contributed by atoms with E-state index in [-0.39, 0.29) is 17.9 Å². The Hall–Kier alpha value is -2.74. The third kappa shape index (κ3) is 3.85. The van der Waals surface area contributed by atoms with Crippen molar-refractivity contribution in [3.63, 3.8) is 0 Å². The van der Waals surface area contributed by atoms with Crippen LogP contribution in [0.15, 0.2) is 36.0 Å². The number of aromatic nitrogens is 2. The number of nitrogens with one attached hydrogen (secondary N) is 2. The van der Waals surface area contributed by atoms with E-state index in [2.05, 4.69) is 37.8 Å². The molecule has 0 spiro atoms. The van der Waals surface area contributed by atoms with Gasteiger partial charge in [-0.3, -0.25) is 0 Å². The molecule has 8 heteroatoms. The lowest BCUT2D eigenvalue weighted by atomic mass is 10.1. The molecular weight excluding hydrogens is 365 g/mol. The third-order valence-electron chi connectivity index (χ3n) is 4.74. The standard InChI is InChI=1S/C19H20FN5OS/c1-12-10-27-17-16(12)21-11-22-18(17)25-8-6-15(7-9-25)24-19(26)23-14-4-2-13(20)3-5-14/h2-5,10-11,15H,6-9H2,1H3,(H2,23,24,26). The van der Waals surface area contributed by atoms with Crippen molar-refractivity contribution in [2.75, 3.05) is 23.3 Å². The number of hydrogen-bond acceptors (Lipinski definition) is 5. The normalized spacial score (nSPS) is 15.1. The molecule has 0 bridgehead atoms. The summed E-state index contributed by atoms with van der Waals surface area (Å²) >= 11 is 1.67. The van der Waals surface area contributed by atoms with Gasteiger partial charge in [-0.25, -0.2) is 19.2 Å². The second-order valence-electron chi connectivity index (χ2n) is 6.66. The van der Waals surface area contributed by atoms with Gasteiger partial charge in [0, 0.05) is 24.8 Å². The van der Waals surface area contributed by atoms with Crippen LogP contribution in [-0.4, -0.2) is 35.1 Å². The van der Waals surface area contributed by atoms with E-state index in [0.717, 1.165) is 42.0 Å². The lowest BCUT2D eigenvalue weighted by Gasteiger charge is -2.33. The van der Waals surface area contributed by atoms with Gasteiger partial charge in [-0.15, -0.1) is 11.3 Å². The molecule has 0 atom stereocenters. The maximum Gasteiger partial charge on any atom is 0.319 e. The van der Waals surface area contributed by atoms with Crippen LogP contribution in [0.2, 0.25) is 0 Å². The number of nitrogens with zero attached hydrogens (tertiary/aromatic N) is 3. The zero-order valence-corrected chi connectivity index (χ0v) is 15.7. The van der Waals surface area contributed by atoms with Crippen molar-refractivity contribution in [2.45, 2.75) is 25.8 Å². The van der Waals surface area contributed by atoms with Gasteiger partial charge in [0.05, 0.1) is 10.2 Å². The molecule has 1 aliphatic rings. The molecule has 0 radical (unpaired) electrons. The minimum atomic E-state index is -0.326. The molecule has 1 saturated heterocycles. The first-order valence-corrected chi connectivity index (χ1v) is 9.75. The highest BCUT2D eigenvalue weighted by atomic mass is 32.1. The molecule has 0 saturated carbocycles. The van der Waals surface area contributed by atoms with Gasteiger partial charge >= 0.3 is 6.03 Å². The second kappa shape index (κ2) is 7.48. The van der Waals surface area contributed by atoms with Crippen LogP contribution in [0.4, 0.5) is 20.7 Å². The number of piperidine rings is 1. The molecule has 2 N–H and O–H groups in total. The highest BCUT2D eigenvalue weighted by molar-refractivity contribution is 7.18. The fourth-order valence-corrected chi connectivity index (χ4v) is 4.32.